The van der Waals surface area contributed by atoms with Gasteiger partial charge in [0.05, 0.1) is 17.8 Å². The number of hydrogen-bond donors (Lipinski definition) is 0. The number of hydrogen-bond acceptors (Lipinski definition) is 3. The van der Waals surface area contributed by atoms with Crippen LogP contribution in [0.15, 0.2) is 64.0 Å². The Kier molecular flexibility index (Phi) is 3.96. The van der Waals surface area contributed by atoms with Crippen LogP contribution < -0.4 is 10.2 Å². The van der Waals surface area contributed by atoms with E-state index >= 15 is 0 Å². The highest BCUT2D eigenvalue weighted by Crippen LogP contribution is 2.20. The van der Waals surface area contributed by atoms with Crippen molar-refractivity contribution < 1.29 is 9.15 Å². The van der Waals surface area contributed by atoms with Gasteiger partial charge in [-0.1, -0.05) is 30.3 Å². The molecule has 0 bridgehead atoms. The van der Waals surface area contributed by atoms with Crippen LogP contribution in [0.25, 0.3) is 11.0 Å². The Balaban J connectivity index is 1.98. The van der Waals surface area contributed by atoms with Crippen LogP contribution in [-0.4, -0.2) is 6.10 Å². The van der Waals surface area contributed by atoms with Crippen LogP contribution in [0.4, 0.5) is 0 Å². The van der Waals surface area contributed by atoms with Gasteiger partial charge in [0, 0.05) is 18.1 Å². The molecule has 22 heavy (non-hydrogen) atoms. The third-order valence-corrected chi connectivity index (χ3v) is 3.43. The summed E-state index contributed by atoms with van der Waals surface area (Å²) in [5.74, 6) is 0.710. The van der Waals surface area contributed by atoms with Crippen LogP contribution >= 0.6 is 0 Å². The van der Waals surface area contributed by atoms with Crippen LogP contribution in [0.3, 0.4) is 0 Å². The fourth-order valence-corrected chi connectivity index (χ4v) is 2.43. The highest BCUT2D eigenvalue weighted by molar-refractivity contribution is 5.78. The van der Waals surface area contributed by atoms with Gasteiger partial charge < -0.3 is 9.15 Å². The predicted molar refractivity (Wildman–Crippen MR) is 87.5 cm³/mol. The first-order chi connectivity index (χ1) is 10.6. The van der Waals surface area contributed by atoms with Crippen molar-refractivity contribution in [2.75, 3.05) is 0 Å². The Labute approximate surface area is 129 Å². The lowest BCUT2D eigenvalue weighted by Gasteiger charge is -2.10. The van der Waals surface area contributed by atoms with Gasteiger partial charge >= 0.3 is 0 Å². The molecule has 3 rings (SSSR count). The molecule has 0 saturated heterocycles. The molecule has 0 fully saturated rings. The molecule has 0 saturated carbocycles. The third-order valence-electron chi connectivity index (χ3n) is 3.43. The van der Waals surface area contributed by atoms with E-state index in [2.05, 4.69) is 0 Å². The van der Waals surface area contributed by atoms with Gasteiger partial charge in [-0.3, -0.25) is 4.79 Å². The summed E-state index contributed by atoms with van der Waals surface area (Å²) in [5, 5.41) is 0.588. The average molecular weight is 294 g/mol. The number of rotatable bonds is 4. The molecule has 0 aliphatic carbocycles. The SMILES string of the molecule is CC(C)Oc1ccc2c(=O)c(Cc3ccccc3)coc2c1. The van der Waals surface area contributed by atoms with E-state index in [1.165, 1.54) is 0 Å². The number of fused-ring (bicyclic) bond motifs is 1. The Morgan fingerprint density at radius 1 is 1.09 bits per heavy atom. The monoisotopic (exact) mass is 294 g/mol. The van der Waals surface area contributed by atoms with Gasteiger partial charge in [-0.25, -0.2) is 0 Å². The molecular formula is C19H18O3. The summed E-state index contributed by atoms with van der Waals surface area (Å²) in [6.07, 6.45) is 2.21. The zero-order chi connectivity index (χ0) is 15.5. The summed E-state index contributed by atoms with van der Waals surface area (Å²) < 4.78 is 11.3. The van der Waals surface area contributed by atoms with E-state index in [0.717, 1.165) is 5.56 Å². The van der Waals surface area contributed by atoms with Crippen molar-refractivity contribution in [3.63, 3.8) is 0 Å². The summed E-state index contributed by atoms with van der Waals surface area (Å²) >= 11 is 0. The van der Waals surface area contributed by atoms with Crippen molar-refractivity contribution in [1.82, 2.24) is 0 Å². The summed E-state index contributed by atoms with van der Waals surface area (Å²) in [7, 11) is 0. The van der Waals surface area contributed by atoms with Crippen LogP contribution in [0.5, 0.6) is 5.75 Å². The Morgan fingerprint density at radius 3 is 2.59 bits per heavy atom. The number of benzene rings is 2. The highest BCUT2D eigenvalue weighted by atomic mass is 16.5. The summed E-state index contributed by atoms with van der Waals surface area (Å²) in [6.45, 7) is 3.92. The smallest absolute Gasteiger partial charge is 0.196 e. The second-order valence-electron chi connectivity index (χ2n) is 5.58. The molecule has 3 aromatic rings. The standard InChI is InChI=1S/C19H18O3/c1-13(2)22-16-8-9-17-18(11-16)21-12-15(19(17)20)10-14-6-4-3-5-7-14/h3-9,11-13H,10H2,1-2H3. The normalized spacial score (nSPS) is 11.0. The van der Waals surface area contributed by atoms with Crippen molar-refractivity contribution in [1.29, 1.82) is 0 Å². The molecule has 0 atom stereocenters. The van der Waals surface area contributed by atoms with Crippen molar-refractivity contribution in [2.45, 2.75) is 26.4 Å². The summed E-state index contributed by atoms with van der Waals surface area (Å²) in [5.41, 5.74) is 2.33. The van der Waals surface area contributed by atoms with E-state index in [0.29, 0.717) is 28.7 Å². The van der Waals surface area contributed by atoms with E-state index in [1.807, 2.05) is 50.2 Å². The maximum absolute atomic E-state index is 12.6. The van der Waals surface area contributed by atoms with Crippen LogP contribution in [-0.2, 0) is 6.42 Å². The van der Waals surface area contributed by atoms with E-state index < -0.39 is 0 Å². The minimum atomic E-state index is 0.0150. The van der Waals surface area contributed by atoms with Gasteiger partial charge in [-0.05, 0) is 31.5 Å². The molecule has 1 heterocycles. The topological polar surface area (TPSA) is 39.4 Å². The average Bonchev–Trinajstić information content (AvgIpc) is 2.50. The zero-order valence-corrected chi connectivity index (χ0v) is 12.7. The first-order valence-electron chi connectivity index (χ1n) is 7.38. The van der Waals surface area contributed by atoms with Crippen LogP contribution in [0.1, 0.15) is 25.0 Å². The minimum Gasteiger partial charge on any atom is -0.491 e. The molecule has 0 N–H and O–H groups in total. The van der Waals surface area contributed by atoms with Crippen molar-refractivity contribution >= 4 is 11.0 Å². The molecule has 0 amide bonds. The van der Waals surface area contributed by atoms with Gasteiger partial charge in [0.2, 0.25) is 0 Å². The van der Waals surface area contributed by atoms with Gasteiger partial charge in [0.25, 0.3) is 0 Å². The van der Waals surface area contributed by atoms with Gasteiger partial charge in [-0.15, -0.1) is 0 Å². The second kappa shape index (κ2) is 6.06. The van der Waals surface area contributed by atoms with Gasteiger partial charge in [0.15, 0.2) is 5.43 Å². The summed E-state index contributed by atoms with van der Waals surface area (Å²) in [4.78, 5) is 12.6. The molecule has 0 radical (unpaired) electrons. The Bertz CT molecular complexity index is 832. The lowest BCUT2D eigenvalue weighted by Crippen LogP contribution is -2.10. The Morgan fingerprint density at radius 2 is 1.86 bits per heavy atom. The van der Waals surface area contributed by atoms with Crippen molar-refractivity contribution in [2.24, 2.45) is 0 Å². The fraction of sp³-hybridized carbons (Fsp3) is 0.211. The molecular weight excluding hydrogens is 276 g/mol. The maximum atomic E-state index is 12.6. The maximum Gasteiger partial charge on any atom is 0.196 e. The molecule has 3 heteroatoms. The van der Waals surface area contributed by atoms with E-state index in [4.69, 9.17) is 9.15 Å². The Hall–Kier alpha value is -2.55. The van der Waals surface area contributed by atoms with E-state index in [-0.39, 0.29) is 11.5 Å². The largest absolute Gasteiger partial charge is 0.491 e. The molecule has 0 aliphatic heterocycles. The summed E-state index contributed by atoms with van der Waals surface area (Å²) in [6, 6.07) is 15.2. The van der Waals surface area contributed by atoms with Crippen LogP contribution in [0.2, 0.25) is 0 Å². The lowest BCUT2D eigenvalue weighted by molar-refractivity contribution is 0.242. The highest BCUT2D eigenvalue weighted by Gasteiger charge is 2.09. The molecule has 1 aromatic heterocycles. The van der Waals surface area contributed by atoms with Gasteiger partial charge in [-0.2, -0.15) is 0 Å². The second-order valence-corrected chi connectivity index (χ2v) is 5.58. The quantitative estimate of drug-likeness (QED) is 0.725. The first-order valence-corrected chi connectivity index (χ1v) is 7.38. The van der Waals surface area contributed by atoms with E-state index in [1.54, 1.807) is 18.4 Å². The van der Waals surface area contributed by atoms with E-state index in [9.17, 15) is 4.79 Å². The molecule has 2 aromatic carbocycles. The molecule has 0 spiro atoms. The molecule has 0 unspecified atom stereocenters. The van der Waals surface area contributed by atoms with Crippen molar-refractivity contribution in [3.05, 3.63) is 76.1 Å². The molecule has 0 aliphatic rings. The molecule has 112 valence electrons. The van der Waals surface area contributed by atoms with Crippen LogP contribution in [0, 0.1) is 0 Å². The fourth-order valence-electron chi connectivity index (χ4n) is 2.43. The minimum absolute atomic E-state index is 0.0150. The molecule has 3 nitrogen and oxygen atoms in total. The third kappa shape index (κ3) is 3.03. The zero-order valence-electron chi connectivity index (χ0n) is 12.7. The number of ether oxygens (including phenoxy) is 1. The predicted octanol–water partition coefficient (Wildman–Crippen LogP) is 4.17. The first kappa shape index (κ1) is 14.4. The lowest BCUT2D eigenvalue weighted by atomic mass is 10.1. The van der Waals surface area contributed by atoms with Gasteiger partial charge in [0.1, 0.15) is 11.3 Å². The van der Waals surface area contributed by atoms with Crippen molar-refractivity contribution in [3.8, 4) is 5.75 Å².